The molecule has 0 radical (unpaired) electrons. The summed E-state index contributed by atoms with van der Waals surface area (Å²) >= 11 is 9.13. The second-order valence-electron chi connectivity index (χ2n) is 3.48. The summed E-state index contributed by atoms with van der Waals surface area (Å²) in [5.74, 6) is 0.0931. The van der Waals surface area contributed by atoms with Gasteiger partial charge >= 0.3 is 0 Å². The van der Waals surface area contributed by atoms with Crippen molar-refractivity contribution in [2.45, 2.75) is 12.3 Å². The average molecular weight is 279 g/mol. The van der Waals surface area contributed by atoms with Crippen LogP contribution in [-0.4, -0.2) is 13.1 Å². The monoisotopic (exact) mass is 277 g/mol. The summed E-state index contributed by atoms with van der Waals surface area (Å²) in [6.07, 6.45) is 0.981. The standard InChI is InChI=1S/C10H10BrClFN/c11-8-4-10(13)7(3-9(8)12)6-1-2-14-5-6/h3-4,6,14H,1-2,5H2. The lowest BCUT2D eigenvalue weighted by molar-refractivity contribution is 0.587. The van der Waals surface area contributed by atoms with Crippen LogP contribution in [0.15, 0.2) is 16.6 Å². The Bertz CT molecular complexity index is 350. The highest BCUT2D eigenvalue weighted by Crippen LogP contribution is 2.31. The van der Waals surface area contributed by atoms with Crippen molar-refractivity contribution in [2.75, 3.05) is 13.1 Å². The third-order valence-electron chi connectivity index (χ3n) is 2.54. The van der Waals surface area contributed by atoms with Gasteiger partial charge in [0.2, 0.25) is 0 Å². The Morgan fingerprint density at radius 1 is 1.50 bits per heavy atom. The average Bonchev–Trinajstić information content (AvgIpc) is 2.64. The molecule has 1 atom stereocenters. The third-order valence-corrected chi connectivity index (χ3v) is 3.74. The van der Waals surface area contributed by atoms with Gasteiger partial charge in [-0.3, -0.25) is 0 Å². The molecular formula is C10H10BrClFN. The van der Waals surface area contributed by atoms with Gasteiger partial charge in [0.25, 0.3) is 0 Å². The first-order valence-electron chi connectivity index (χ1n) is 4.53. The molecule has 0 spiro atoms. The zero-order valence-corrected chi connectivity index (χ0v) is 9.83. The summed E-state index contributed by atoms with van der Waals surface area (Å²) in [4.78, 5) is 0. The number of hydrogen-bond acceptors (Lipinski definition) is 1. The van der Waals surface area contributed by atoms with E-state index in [1.807, 2.05) is 0 Å². The molecule has 1 aromatic rings. The summed E-state index contributed by atoms with van der Waals surface area (Å²) < 4.78 is 14.2. The molecule has 0 aliphatic carbocycles. The highest BCUT2D eigenvalue weighted by molar-refractivity contribution is 9.10. The number of halogens is 3. The molecule has 0 amide bonds. The second-order valence-corrected chi connectivity index (χ2v) is 4.74. The minimum absolute atomic E-state index is 0.171. The Kier molecular flexibility index (Phi) is 3.10. The van der Waals surface area contributed by atoms with Gasteiger partial charge in [0.15, 0.2) is 0 Å². The van der Waals surface area contributed by atoms with Crippen LogP contribution in [0.1, 0.15) is 17.9 Å². The van der Waals surface area contributed by atoms with Gasteiger partial charge in [-0.15, -0.1) is 0 Å². The highest BCUT2D eigenvalue weighted by Gasteiger charge is 2.20. The van der Waals surface area contributed by atoms with E-state index in [0.29, 0.717) is 9.50 Å². The molecule has 0 bridgehead atoms. The molecule has 1 aromatic carbocycles. The fourth-order valence-electron chi connectivity index (χ4n) is 1.77. The van der Waals surface area contributed by atoms with Crippen molar-refractivity contribution in [2.24, 2.45) is 0 Å². The fourth-order valence-corrected chi connectivity index (χ4v) is 2.26. The normalized spacial score (nSPS) is 21.5. The molecule has 1 nitrogen and oxygen atoms in total. The number of benzene rings is 1. The van der Waals surface area contributed by atoms with E-state index >= 15 is 0 Å². The molecule has 14 heavy (non-hydrogen) atoms. The van der Waals surface area contributed by atoms with Gasteiger partial charge < -0.3 is 5.32 Å². The number of hydrogen-bond donors (Lipinski definition) is 1. The lowest BCUT2D eigenvalue weighted by atomic mass is 9.98. The van der Waals surface area contributed by atoms with Crippen LogP contribution >= 0.6 is 27.5 Å². The molecule has 2 rings (SSSR count). The zero-order chi connectivity index (χ0) is 10.1. The molecule has 1 aliphatic rings. The van der Waals surface area contributed by atoms with Crippen LogP contribution in [0.4, 0.5) is 4.39 Å². The van der Waals surface area contributed by atoms with Crippen LogP contribution in [0.2, 0.25) is 5.02 Å². The Hall–Kier alpha value is -0.120. The first kappa shape index (κ1) is 10.4. The SMILES string of the molecule is Fc1cc(Br)c(Cl)cc1C1CCNC1. The van der Waals surface area contributed by atoms with Crippen molar-refractivity contribution >= 4 is 27.5 Å². The van der Waals surface area contributed by atoms with Crippen molar-refractivity contribution in [3.05, 3.63) is 33.0 Å². The van der Waals surface area contributed by atoms with Crippen molar-refractivity contribution in [3.8, 4) is 0 Å². The van der Waals surface area contributed by atoms with Gasteiger partial charge in [0.05, 0.1) is 5.02 Å². The summed E-state index contributed by atoms with van der Waals surface area (Å²) in [6.45, 7) is 1.80. The van der Waals surface area contributed by atoms with Gasteiger partial charge in [-0.2, -0.15) is 0 Å². The van der Waals surface area contributed by atoms with E-state index in [0.717, 1.165) is 25.1 Å². The molecule has 0 saturated carbocycles. The molecule has 4 heteroatoms. The molecule has 0 aromatic heterocycles. The summed E-state index contributed by atoms with van der Waals surface area (Å²) in [6, 6.07) is 3.16. The molecule has 1 saturated heterocycles. The maximum atomic E-state index is 13.6. The van der Waals surface area contributed by atoms with Crippen molar-refractivity contribution in [3.63, 3.8) is 0 Å². The summed E-state index contributed by atoms with van der Waals surface area (Å²) in [7, 11) is 0. The molecule has 76 valence electrons. The molecule has 1 aliphatic heterocycles. The predicted molar refractivity (Wildman–Crippen MR) is 59.3 cm³/mol. The third kappa shape index (κ3) is 1.95. The maximum Gasteiger partial charge on any atom is 0.127 e. The van der Waals surface area contributed by atoms with E-state index in [4.69, 9.17) is 11.6 Å². The fraction of sp³-hybridized carbons (Fsp3) is 0.400. The van der Waals surface area contributed by atoms with E-state index in [1.165, 1.54) is 6.07 Å². The van der Waals surface area contributed by atoms with Crippen LogP contribution < -0.4 is 5.32 Å². The van der Waals surface area contributed by atoms with Crippen LogP contribution in [0.5, 0.6) is 0 Å². The second kappa shape index (κ2) is 4.17. The predicted octanol–water partition coefficient (Wildman–Crippen LogP) is 3.32. The molecule has 1 heterocycles. The van der Waals surface area contributed by atoms with Crippen LogP contribution in [0, 0.1) is 5.82 Å². The smallest absolute Gasteiger partial charge is 0.127 e. The van der Waals surface area contributed by atoms with Gasteiger partial charge in [0, 0.05) is 16.9 Å². The number of rotatable bonds is 1. The first-order chi connectivity index (χ1) is 6.68. The van der Waals surface area contributed by atoms with Gasteiger partial charge in [0.1, 0.15) is 5.82 Å². The zero-order valence-electron chi connectivity index (χ0n) is 7.49. The summed E-state index contributed by atoms with van der Waals surface area (Å²) in [5, 5.41) is 3.79. The van der Waals surface area contributed by atoms with Crippen LogP contribution in [-0.2, 0) is 0 Å². The Labute approximate surface area is 95.8 Å². The van der Waals surface area contributed by atoms with Crippen molar-refractivity contribution in [1.29, 1.82) is 0 Å². The minimum Gasteiger partial charge on any atom is -0.316 e. The van der Waals surface area contributed by atoms with Crippen molar-refractivity contribution < 1.29 is 4.39 Å². The van der Waals surface area contributed by atoms with E-state index in [1.54, 1.807) is 6.07 Å². The summed E-state index contributed by atoms with van der Waals surface area (Å²) in [5.41, 5.74) is 0.725. The highest BCUT2D eigenvalue weighted by atomic mass is 79.9. The van der Waals surface area contributed by atoms with E-state index in [-0.39, 0.29) is 11.7 Å². The van der Waals surface area contributed by atoms with E-state index in [2.05, 4.69) is 21.2 Å². The maximum absolute atomic E-state index is 13.6. The van der Waals surface area contributed by atoms with E-state index in [9.17, 15) is 4.39 Å². The van der Waals surface area contributed by atoms with Crippen LogP contribution in [0.3, 0.4) is 0 Å². The largest absolute Gasteiger partial charge is 0.316 e. The molecular weight excluding hydrogens is 268 g/mol. The lowest BCUT2D eigenvalue weighted by Crippen LogP contribution is -2.09. The molecule has 1 unspecified atom stereocenters. The quantitative estimate of drug-likeness (QED) is 0.777. The molecule has 1 fully saturated rings. The van der Waals surface area contributed by atoms with Gasteiger partial charge in [-0.05, 0) is 46.6 Å². The Morgan fingerprint density at radius 2 is 2.29 bits per heavy atom. The number of nitrogens with one attached hydrogen (secondary N) is 1. The minimum atomic E-state index is -0.171. The topological polar surface area (TPSA) is 12.0 Å². The van der Waals surface area contributed by atoms with Gasteiger partial charge in [-0.1, -0.05) is 11.6 Å². The van der Waals surface area contributed by atoms with Crippen LogP contribution in [0.25, 0.3) is 0 Å². The lowest BCUT2D eigenvalue weighted by Gasteiger charge is -2.11. The van der Waals surface area contributed by atoms with Crippen molar-refractivity contribution in [1.82, 2.24) is 5.32 Å². The first-order valence-corrected chi connectivity index (χ1v) is 5.70. The Morgan fingerprint density at radius 3 is 2.93 bits per heavy atom. The van der Waals surface area contributed by atoms with Gasteiger partial charge in [-0.25, -0.2) is 4.39 Å². The molecule has 1 N–H and O–H groups in total. The van der Waals surface area contributed by atoms with E-state index < -0.39 is 0 Å². The Balaban J connectivity index is 2.37.